The minimum atomic E-state index is 0.0270. The van der Waals surface area contributed by atoms with Gasteiger partial charge in [-0.15, -0.1) is 0 Å². The van der Waals surface area contributed by atoms with E-state index in [1.165, 1.54) is 6.42 Å². The lowest BCUT2D eigenvalue weighted by Gasteiger charge is -2.40. The minimum Gasteiger partial charge on any atom is -0.376 e. The van der Waals surface area contributed by atoms with Crippen molar-refractivity contribution < 1.29 is 4.74 Å². The Labute approximate surface area is 103 Å². The van der Waals surface area contributed by atoms with E-state index >= 15 is 0 Å². The van der Waals surface area contributed by atoms with E-state index in [1.54, 1.807) is 7.11 Å². The van der Waals surface area contributed by atoms with E-state index in [1.807, 2.05) is 13.8 Å². The molecule has 1 aromatic heterocycles. The fourth-order valence-electron chi connectivity index (χ4n) is 2.21. The van der Waals surface area contributed by atoms with Crippen LogP contribution in [0.2, 0.25) is 0 Å². The molecule has 1 fully saturated rings. The van der Waals surface area contributed by atoms with Gasteiger partial charge in [-0.1, -0.05) is 0 Å². The monoisotopic (exact) mass is 235 g/mol. The summed E-state index contributed by atoms with van der Waals surface area (Å²) >= 11 is 0. The lowest BCUT2D eigenvalue weighted by atomic mass is 9.80. The molecular formula is C13H21N3O. The first-order chi connectivity index (χ1) is 8.06. The van der Waals surface area contributed by atoms with Crippen LogP contribution in [0.4, 0.5) is 5.82 Å². The van der Waals surface area contributed by atoms with Crippen molar-refractivity contribution in [1.82, 2.24) is 9.97 Å². The predicted molar refractivity (Wildman–Crippen MR) is 68.3 cm³/mol. The Hall–Kier alpha value is -1.16. The van der Waals surface area contributed by atoms with Gasteiger partial charge in [-0.2, -0.15) is 0 Å². The Morgan fingerprint density at radius 3 is 2.47 bits per heavy atom. The van der Waals surface area contributed by atoms with Crippen molar-refractivity contribution in [3.8, 4) is 0 Å². The van der Waals surface area contributed by atoms with E-state index in [9.17, 15) is 0 Å². The molecule has 17 heavy (non-hydrogen) atoms. The largest absolute Gasteiger partial charge is 0.376 e. The highest BCUT2D eigenvalue weighted by atomic mass is 16.5. The molecule has 0 aromatic carbocycles. The van der Waals surface area contributed by atoms with Crippen molar-refractivity contribution in [2.75, 3.05) is 19.0 Å². The maximum atomic E-state index is 5.59. The van der Waals surface area contributed by atoms with Gasteiger partial charge in [0.25, 0.3) is 0 Å². The van der Waals surface area contributed by atoms with E-state index in [-0.39, 0.29) is 5.60 Å². The molecule has 0 radical (unpaired) electrons. The Bertz CT molecular complexity index is 408. The van der Waals surface area contributed by atoms with Crippen LogP contribution in [-0.4, -0.2) is 29.2 Å². The molecule has 0 amide bonds. The molecule has 0 atom stereocenters. The molecular weight excluding hydrogens is 214 g/mol. The van der Waals surface area contributed by atoms with Crippen molar-refractivity contribution in [1.29, 1.82) is 0 Å². The molecule has 2 rings (SSSR count). The number of methoxy groups -OCH3 is 1. The van der Waals surface area contributed by atoms with E-state index in [0.29, 0.717) is 0 Å². The molecule has 4 nitrogen and oxygen atoms in total. The topological polar surface area (TPSA) is 47.0 Å². The normalized spacial score (nSPS) is 17.6. The van der Waals surface area contributed by atoms with Gasteiger partial charge in [0.15, 0.2) is 0 Å². The summed E-state index contributed by atoms with van der Waals surface area (Å²) in [5, 5.41) is 3.41. The van der Waals surface area contributed by atoms with Gasteiger partial charge < -0.3 is 10.1 Å². The second kappa shape index (κ2) is 4.61. The molecule has 1 heterocycles. The maximum Gasteiger partial charge on any atom is 0.132 e. The molecule has 0 spiro atoms. The fraction of sp³-hybridized carbons (Fsp3) is 0.692. The number of ether oxygens (including phenoxy) is 1. The first kappa shape index (κ1) is 12.3. The van der Waals surface area contributed by atoms with Gasteiger partial charge in [0, 0.05) is 24.9 Å². The van der Waals surface area contributed by atoms with Crippen LogP contribution in [0.1, 0.15) is 36.3 Å². The number of aromatic nitrogens is 2. The first-order valence-electron chi connectivity index (χ1n) is 6.17. The number of aryl methyl sites for hydroxylation is 2. The summed E-state index contributed by atoms with van der Waals surface area (Å²) in [6.07, 6.45) is 3.54. The molecule has 0 aliphatic heterocycles. The number of hydrogen-bond acceptors (Lipinski definition) is 4. The second-order valence-corrected chi connectivity index (χ2v) is 4.92. The highest BCUT2D eigenvalue weighted by molar-refractivity contribution is 5.45. The molecule has 1 saturated carbocycles. The van der Waals surface area contributed by atoms with Gasteiger partial charge in [-0.25, -0.2) is 9.97 Å². The van der Waals surface area contributed by atoms with Crippen molar-refractivity contribution in [3.05, 3.63) is 17.1 Å². The van der Waals surface area contributed by atoms with Gasteiger partial charge in [0.1, 0.15) is 11.6 Å². The average molecular weight is 235 g/mol. The van der Waals surface area contributed by atoms with Crippen LogP contribution in [0.5, 0.6) is 0 Å². The zero-order chi connectivity index (χ0) is 12.5. The van der Waals surface area contributed by atoms with Crippen LogP contribution in [-0.2, 0) is 4.74 Å². The van der Waals surface area contributed by atoms with Gasteiger partial charge >= 0.3 is 0 Å². The van der Waals surface area contributed by atoms with Crippen LogP contribution in [0, 0.1) is 20.8 Å². The summed E-state index contributed by atoms with van der Waals surface area (Å²) in [4.78, 5) is 8.80. The smallest absolute Gasteiger partial charge is 0.132 e. The fourth-order valence-corrected chi connectivity index (χ4v) is 2.21. The van der Waals surface area contributed by atoms with Crippen LogP contribution >= 0.6 is 0 Å². The standard InChI is InChI=1S/C13H21N3O/c1-9-10(2)15-11(3)16-12(9)14-8-13(17-4)6-5-7-13/h5-8H2,1-4H3,(H,14,15,16). The highest BCUT2D eigenvalue weighted by Gasteiger charge is 2.36. The van der Waals surface area contributed by atoms with Gasteiger partial charge in [-0.3, -0.25) is 0 Å². The predicted octanol–water partition coefficient (Wildman–Crippen LogP) is 2.38. The number of nitrogens with zero attached hydrogens (tertiary/aromatic N) is 2. The highest BCUT2D eigenvalue weighted by Crippen LogP contribution is 2.35. The maximum absolute atomic E-state index is 5.59. The molecule has 0 unspecified atom stereocenters. The Morgan fingerprint density at radius 1 is 1.24 bits per heavy atom. The lowest BCUT2D eigenvalue weighted by molar-refractivity contribution is -0.0601. The number of anilines is 1. The molecule has 0 saturated heterocycles. The average Bonchev–Trinajstić information content (AvgIpc) is 2.23. The van der Waals surface area contributed by atoms with Crippen molar-refractivity contribution in [2.24, 2.45) is 0 Å². The van der Waals surface area contributed by atoms with E-state index in [2.05, 4.69) is 22.2 Å². The number of rotatable bonds is 4. The van der Waals surface area contributed by atoms with Crippen LogP contribution in [0.25, 0.3) is 0 Å². The molecule has 94 valence electrons. The molecule has 1 aliphatic rings. The van der Waals surface area contributed by atoms with Gasteiger partial charge in [-0.05, 0) is 40.0 Å². The van der Waals surface area contributed by atoms with Crippen molar-refractivity contribution in [2.45, 2.75) is 45.6 Å². The molecule has 1 N–H and O–H groups in total. The second-order valence-electron chi connectivity index (χ2n) is 4.92. The molecule has 0 bridgehead atoms. The summed E-state index contributed by atoms with van der Waals surface area (Å²) in [6, 6.07) is 0. The number of nitrogens with one attached hydrogen (secondary N) is 1. The third kappa shape index (κ3) is 2.41. The lowest BCUT2D eigenvalue weighted by Crippen LogP contribution is -2.45. The Morgan fingerprint density at radius 2 is 1.94 bits per heavy atom. The summed E-state index contributed by atoms with van der Waals surface area (Å²) in [5.41, 5.74) is 2.19. The summed E-state index contributed by atoms with van der Waals surface area (Å²) < 4.78 is 5.59. The number of hydrogen-bond donors (Lipinski definition) is 1. The zero-order valence-electron chi connectivity index (χ0n) is 11.1. The van der Waals surface area contributed by atoms with E-state index in [4.69, 9.17) is 4.74 Å². The Balaban J connectivity index is 2.08. The van der Waals surface area contributed by atoms with Crippen LogP contribution in [0.3, 0.4) is 0 Å². The summed E-state index contributed by atoms with van der Waals surface area (Å²) in [6.45, 7) is 6.83. The third-order valence-corrected chi connectivity index (χ3v) is 3.78. The van der Waals surface area contributed by atoms with Crippen molar-refractivity contribution in [3.63, 3.8) is 0 Å². The SMILES string of the molecule is COC1(CNc2nc(C)nc(C)c2C)CCC1. The third-order valence-electron chi connectivity index (χ3n) is 3.78. The van der Waals surface area contributed by atoms with E-state index in [0.717, 1.165) is 42.3 Å². The minimum absolute atomic E-state index is 0.0270. The first-order valence-corrected chi connectivity index (χ1v) is 6.17. The van der Waals surface area contributed by atoms with Gasteiger partial charge in [0.2, 0.25) is 0 Å². The summed E-state index contributed by atoms with van der Waals surface area (Å²) in [7, 11) is 1.80. The quantitative estimate of drug-likeness (QED) is 0.870. The summed E-state index contributed by atoms with van der Waals surface area (Å²) in [5.74, 6) is 1.76. The molecule has 1 aliphatic carbocycles. The van der Waals surface area contributed by atoms with Crippen LogP contribution < -0.4 is 5.32 Å². The van der Waals surface area contributed by atoms with Crippen molar-refractivity contribution >= 4 is 5.82 Å². The van der Waals surface area contributed by atoms with Gasteiger partial charge in [0.05, 0.1) is 5.60 Å². The Kier molecular flexibility index (Phi) is 3.33. The van der Waals surface area contributed by atoms with Crippen LogP contribution in [0.15, 0.2) is 0 Å². The molecule has 1 aromatic rings. The van der Waals surface area contributed by atoms with E-state index < -0.39 is 0 Å². The molecule has 4 heteroatoms. The zero-order valence-corrected chi connectivity index (χ0v) is 11.1.